The Morgan fingerprint density at radius 1 is 1.21 bits per heavy atom. The third-order valence-electron chi connectivity index (χ3n) is 4.08. The number of aryl methyl sites for hydroxylation is 3. The van der Waals surface area contributed by atoms with Crippen molar-refractivity contribution in [3.8, 4) is 11.3 Å². The molecule has 3 rings (SSSR count). The van der Waals surface area contributed by atoms with E-state index >= 15 is 0 Å². The molecule has 0 amide bonds. The van der Waals surface area contributed by atoms with Gasteiger partial charge >= 0.3 is 0 Å². The zero-order chi connectivity index (χ0) is 13.6. The second-order valence-corrected chi connectivity index (χ2v) is 5.76. The number of nitrogen functional groups attached to an aromatic ring is 1. The number of anilines is 1. The second-order valence-electron chi connectivity index (χ2n) is 5.76. The number of nitrogens with zero attached hydrogens (tertiary/aromatic N) is 2. The molecule has 1 aliphatic carbocycles. The first-order valence-electron chi connectivity index (χ1n) is 7.02. The number of hydrogen-bond donors (Lipinski definition) is 1. The van der Waals surface area contributed by atoms with E-state index in [-0.39, 0.29) is 0 Å². The summed E-state index contributed by atoms with van der Waals surface area (Å²) in [4.78, 5) is 0. The van der Waals surface area contributed by atoms with Gasteiger partial charge in [-0.15, -0.1) is 0 Å². The van der Waals surface area contributed by atoms with Crippen LogP contribution in [0.2, 0.25) is 0 Å². The van der Waals surface area contributed by atoms with Crippen LogP contribution < -0.4 is 5.73 Å². The predicted molar refractivity (Wildman–Crippen MR) is 79.2 cm³/mol. The summed E-state index contributed by atoms with van der Waals surface area (Å²) in [7, 11) is 1.91. The smallest absolute Gasteiger partial charge is 0.125 e. The van der Waals surface area contributed by atoms with Gasteiger partial charge < -0.3 is 5.73 Å². The monoisotopic (exact) mass is 255 g/mol. The van der Waals surface area contributed by atoms with Gasteiger partial charge in [0.25, 0.3) is 0 Å². The van der Waals surface area contributed by atoms with Crippen molar-refractivity contribution in [2.45, 2.75) is 39.0 Å². The van der Waals surface area contributed by atoms with Gasteiger partial charge in [0, 0.05) is 18.2 Å². The Morgan fingerprint density at radius 2 is 1.95 bits per heavy atom. The fourth-order valence-corrected chi connectivity index (χ4v) is 3.05. The fourth-order valence-electron chi connectivity index (χ4n) is 3.05. The van der Waals surface area contributed by atoms with Crippen molar-refractivity contribution in [1.82, 2.24) is 9.78 Å². The minimum absolute atomic E-state index is 0.386. The van der Waals surface area contributed by atoms with Crippen LogP contribution in [0, 0.1) is 0 Å². The Bertz CT molecular complexity index is 623. The molecule has 0 saturated heterocycles. The van der Waals surface area contributed by atoms with Crippen LogP contribution in [0.5, 0.6) is 0 Å². The van der Waals surface area contributed by atoms with Crippen molar-refractivity contribution in [2.24, 2.45) is 7.05 Å². The van der Waals surface area contributed by atoms with Crippen LogP contribution in [-0.2, 0) is 19.9 Å². The molecule has 0 radical (unpaired) electrons. The van der Waals surface area contributed by atoms with Crippen LogP contribution in [0.25, 0.3) is 11.3 Å². The molecule has 0 fully saturated rings. The molecule has 100 valence electrons. The summed E-state index contributed by atoms with van der Waals surface area (Å²) in [6.45, 7) is 4.34. The van der Waals surface area contributed by atoms with E-state index < -0.39 is 0 Å². The van der Waals surface area contributed by atoms with Gasteiger partial charge in [0.2, 0.25) is 0 Å². The summed E-state index contributed by atoms with van der Waals surface area (Å²) >= 11 is 0. The summed E-state index contributed by atoms with van der Waals surface area (Å²) in [5, 5.41) is 4.62. The zero-order valence-electron chi connectivity index (χ0n) is 11.9. The molecule has 2 aromatic rings. The highest BCUT2D eigenvalue weighted by Gasteiger charge is 2.19. The highest BCUT2D eigenvalue weighted by atomic mass is 15.3. The lowest BCUT2D eigenvalue weighted by atomic mass is 9.96. The van der Waals surface area contributed by atoms with Crippen molar-refractivity contribution in [1.29, 1.82) is 0 Å². The van der Waals surface area contributed by atoms with E-state index in [4.69, 9.17) is 5.73 Å². The number of benzene rings is 1. The maximum atomic E-state index is 6.15. The summed E-state index contributed by atoms with van der Waals surface area (Å²) in [6, 6.07) is 6.75. The summed E-state index contributed by atoms with van der Waals surface area (Å²) in [5.74, 6) is 1.17. The van der Waals surface area contributed by atoms with Crippen molar-refractivity contribution < 1.29 is 0 Å². The van der Waals surface area contributed by atoms with Crippen molar-refractivity contribution in [3.05, 3.63) is 34.9 Å². The molecular formula is C16H21N3. The molecule has 0 unspecified atom stereocenters. The zero-order valence-corrected chi connectivity index (χ0v) is 11.9. The molecule has 0 atom stereocenters. The number of aromatic nitrogens is 2. The molecule has 0 bridgehead atoms. The molecule has 1 heterocycles. The third kappa shape index (κ3) is 1.93. The van der Waals surface area contributed by atoms with Crippen LogP contribution >= 0.6 is 0 Å². The highest BCUT2D eigenvalue weighted by Crippen LogP contribution is 2.34. The molecule has 2 N–H and O–H groups in total. The minimum Gasteiger partial charge on any atom is -0.384 e. The van der Waals surface area contributed by atoms with Crippen molar-refractivity contribution >= 4 is 5.82 Å². The van der Waals surface area contributed by atoms with E-state index in [1.54, 1.807) is 4.68 Å². The summed E-state index contributed by atoms with van der Waals surface area (Å²) in [5.41, 5.74) is 12.6. The van der Waals surface area contributed by atoms with Gasteiger partial charge in [0.05, 0.1) is 5.69 Å². The maximum absolute atomic E-state index is 6.15. The number of nitrogens with two attached hydrogens (primary N) is 1. The van der Waals surface area contributed by atoms with E-state index in [0.29, 0.717) is 5.92 Å². The van der Waals surface area contributed by atoms with Gasteiger partial charge in [-0.1, -0.05) is 26.0 Å². The topological polar surface area (TPSA) is 43.8 Å². The lowest BCUT2D eigenvalue weighted by molar-refractivity contribution is 0.780. The molecule has 0 saturated carbocycles. The first-order valence-corrected chi connectivity index (χ1v) is 7.02. The highest BCUT2D eigenvalue weighted by molar-refractivity contribution is 5.70. The normalized spacial score (nSPS) is 14.1. The minimum atomic E-state index is 0.386. The van der Waals surface area contributed by atoms with Gasteiger partial charge in [0.15, 0.2) is 0 Å². The Kier molecular flexibility index (Phi) is 2.85. The van der Waals surface area contributed by atoms with Crippen LogP contribution in [-0.4, -0.2) is 9.78 Å². The van der Waals surface area contributed by atoms with Gasteiger partial charge in [-0.3, -0.25) is 4.68 Å². The first kappa shape index (κ1) is 12.3. The van der Waals surface area contributed by atoms with E-state index in [2.05, 4.69) is 37.1 Å². The second kappa shape index (κ2) is 4.41. The van der Waals surface area contributed by atoms with Gasteiger partial charge in [0.1, 0.15) is 5.82 Å². The van der Waals surface area contributed by atoms with Crippen LogP contribution in [0.3, 0.4) is 0 Å². The molecule has 0 aliphatic heterocycles. The standard InChI is InChI=1S/C16H21N3/c1-10(2)14-15(18-19(3)16(14)17)13-8-7-11-5-4-6-12(11)9-13/h7-10H,4-6,17H2,1-3H3. The van der Waals surface area contributed by atoms with Crippen LogP contribution in [0.1, 0.15) is 42.9 Å². The Hall–Kier alpha value is -1.77. The van der Waals surface area contributed by atoms with Crippen LogP contribution in [0.4, 0.5) is 5.82 Å². The Labute approximate surface area is 114 Å². The molecule has 1 aliphatic rings. The average molecular weight is 255 g/mol. The van der Waals surface area contributed by atoms with E-state index in [9.17, 15) is 0 Å². The van der Waals surface area contributed by atoms with Crippen molar-refractivity contribution in [2.75, 3.05) is 5.73 Å². The molecule has 3 nitrogen and oxygen atoms in total. The van der Waals surface area contributed by atoms with Crippen LogP contribution in [0.15, 0.2) is 18.2 Å². The quantitative estimate of drug-likeness (QED) is 0.895. The fraction of sp³-hybridized carbons (Fsp3) is 0.438. The molecule has 19 heavy (non-hydrogen) atoms. The predicted octanol–water partition coefficient (Wildman–Crippen LogP) is 3.28. The Morgan fingerprint density at radius 3 is 2.68 bits per heavy atom. The largest absolute Gasteiger partial charge is 0.384 e. The molecule has 1 aromatic carbocycles. The number of fused-ring (bicyclic) bond motifs is 1. The molecule has 1 aromatic heterocycles. The number of hydrogen-bond acceptors (Lipinski definition) is 2. The lowest BCUT2D eigenvalue weighted by Crippen LogP contribution is -2.00. The molecular weight excluding hydrogens is 234 g/mol. The summed E-state index contributed by atoms with van der Waals surface area (Å²) in [6.07, 6.45) is 3.69. The average Bonchev–Trinajstić information content (AvgIpc) is 2.94. The Balaban J connectivity index is 2.14. The van der Waals surface area contributed by atoms with E-state index in [1.807, 2.05) is 7.05 Å². The number of rotatable bonds is 2. The van der Waals surface area contributed by atoms with Crippen molar-refractivity contribution in [3.63, 3.8) is 0 Å². The lowest BCUT2D eigenvalue weighted by Gasteiger charge is -2.08. The summed E-state index contributed by atoms with van der Waals surface area (Å²) < 4.78 is 1.79. The third-order valence-corrected chi connectivity index (χ3v) is 4.08. The maximum Gasteiger partial charge on any atom is 0.125 e. The van der Waals surface area contributed by atoms with Gasteiger partial charge in [-0.2, -0.15) is 5.10 Å². The SMILES string of the molecule is CC(C)c1c(-c2ccc3c(c2)CCC3)nn(C)c1N. The van der Waals surface area contributed by atoms with E-state index in [0.717, 1.165) is 11.5 Å². The van der Waals surface area contributed by atoms with E-state index in [1.165, 1.54) is 41.5 Å². The van der Waals surface area contributed by atoms with Gasteiger partial charge in [-0.05, 0) is 42.4 Å². The first-order chi connectivity index (χ1) is 9.08. The molecule has 0 spiro atoms. The van der Waals surface area contributed by atoms with Gasteiger partial charge in [-0.25, -0.2) is 0 Å². The molecule has 3 heteroatoms.